The van der Waals surface area contributed by atoms with E-state index < -0.39 is 18.1 Å². The largest absolute Gasteiger partial charge is 0.467 e. The molecule has 0 radical (unpaired) electrons. The van der Waals surface area contributed by atoms with Gasteiger partial charge in [0.25, 0.3) is 0 Å². The Kier molecular flexibility index (Phi) is 3.58. The van der Waals surface area contributed by atoms with Crippen LogP contribution in [-0.2, 0) is 14.3 Å². The second kappa shape index (κ2) is 5.16. The minimum atomic E-state index is -0.846. The second-order valence-electron chi connectivity index (χ2n) is 3.76. The van der Waals surface area contributed by atoms with E-state index in [1.807, 2.05) is 6.07 Å². The van der Waals surface area contributed by atoms with E-state index >= 15 is 0 Å². The lowest BCUT2D eigenvalue weighted by molar-refractivity contribution is -0.142. The minimum Gasteiger partial charge on any atom is -0.467 e. The lowest BCUT2D eigenvalue weighted by Crippen LogP contribution is -2.40. The van der Waals surface area contributed by atoms with Crippen molar-refractivity contribution in [1.29, 1.82) is 5.26 Å². The fourth-order valence-corrected chi connectivity index (χ4v) is 1.98. The quantitative estimate of drug-likeness (QED) is 0.771. The Bertz CT molecular complexity index is 582. The molecule has 19 heavy (non-hydrogen) atoms. The standard InChI is InChI=1S/C12H9ClN2O4/c1-18-11(16)10-6-19-12(17)15(10)8-3-2-7(5-14)9(13)4-8/h2-4,10H,6H2,1H3/t10-/m1/s1. The third kappa shape index (κ3) is 2.33. The summed E-state index contributed by atoms with van der Waals surface area (Å²) in [5.74, 6) is -0.577. The Morgan fingerprint density at radius 1 is 1.63 bits per heavy atom. The van der Waals surface area contributed by atoms with Gasteiger partial charge in [-0.3, -0.25) is 4.90 Å². The van der Waals surface area contributed by atoms with E-state index in [-0.39, 0.29) is 17.2 Å². The Morgan fingerprint density at radius 2 is 2.37 bits per heavy atom. The van der Waals surface area contributed by atoms with Gasteiger partial charge in [-0.25, -0.2) is 9.59 Å². The summed E-state index contributed by atoms with van der Waals surface area (Å²) in [4.78, 5) is 24.4. The van der Waals surface area contributed by atoms with Gasteiger partial charge in [0.1, 0.15) is 12.7 Å². The number of carbonyl (C=O) groups is 2. The fraction of sp³-hybridized carbons (Fsp3) is 0.250. The highest BCUT2D eigenvalue weighted by molar-refractivity contribution is 6.32. The zero-order valence-corrected chi connectivity index (χ0v) is 10.7. The molecule has 0 spiro atoms. The van der Waals surface area contributed by atoms with E-state index in [0.717, 1.165) is 4.90 Å². The Morgan fingerprint density at radius 3 is 2.95 bits per heavy atom. The average molecular weight is 281 g/mol. The maximum Gasteiger partial charge on any atom is 0.415 e. The molecule has 1 amide bonds. The molecule has 1 aliphatic heterocycles. The summed E-state index contributed by atoms with van der Waals surface area (Å²) in [5, 5.41) is 8.99. The number of benzene rings is 1. The van der Waals surface area contributed by atoms with Crippen LogP contribution in [0, 0.1) is 11.3 Å². The lowest BCUT2D eigenvalue weighted by Gasteiger charge is -2.19. The highest BCUT2D eigenvalue weighted by Crippen LogP contribution is 2.28. The number of anilines is 1. The molecule has 7 heteroatoms. The molecule has 1 fully saturated rings. The van der Waals surface area contributed by atoms with Crippen molar-refractivity contribution >= 4 is 29.4 Å². The van der Waals surface area contributed by atoms with Crippen LogP contribution in [0.15, 0.2) is 18.2 Å². The number of amides is 1. The number of hydrogen-bond acceptors (Lipinski definition) is 5. The molecule has 0 bridgehead atoms. The van der Waals surface area contributed by atoms with E-state index in [1.165, 1.54) is 25.3 Å². The third-order valence-electron chi connectivity index (χ3n) is 2.70. The average Bonchev–Trinajstić information content (AvgIpc) is 2.79. The van der Waals surface area contributed by atoms with Gasteiger partial charge in [0, 0.05) is 5.69 Å². The summed E-state index contributed by atoms with van der Waals surface area (Å²) in [6, 6.07) is 5.49. The molecule has 0 unspecified atom stereocenters. The molecule has 6 nitrogen and oxygen atoms in total. The molecule has 0 saturated carbocycles. The summed E-state index contributed by atoms with van der Waals surface area (Å²) >= 11 is 5.90. The number of halogens is 1. The minimum absolute atomic E-state index is 0.0802. The Hall–Kier alpha value is -2.26. The lowest BCUT2D eigenvalue weighted by atomic mass is 10.2. The topological polar surface area (TPSA) is 79.6 Å². The van der Waals surface area contributed by atoms with E-state index in [2.05, 4.69) is 4.74 Å². The number of rotatable bonds is 2. The van der Waals surface area contributed by atoms with Crippen LogP contribution in [0.3, 0.4) is 0 Å². The maximum absolute atomic E-state index is 11.7. The van der Waals surface area contributed by atoms with Crippen LogP contribution < -0.4 is 4.90 Å². The number of methoxy groups -OCH3 is 1. The molecule has 2 rings (SSSR count). The molecule has 1 saturated heterocycles. The highest BCUT2D eigenvalue weighted by Gasteiger charge is 2.40. The van der Waals surface area contributed by atoms with Gasteiger partial charge in [-0.2, -0.15) is 5.26 Å². The molecule has 1 aromatic carbocycles. The van der Waals surface area contributed by atoms with Gasteiger partial charge in [-0.15, -0.1) is 0 Å². The van der Waals surface area contributed by atoms with Gasteiger partial charge in [0.2, 0.25) is 0 Å². The zero-order valence-electron chi connectivity index (χ0n) is 9.92. The molecule has 1 atom stereocenters. The number of hydrogen-bond donors (Lipinski definition) is 0. The molecule has 0 N–H and O–H groups in total. The van der Waals surface area contributed by atoms with E-state index in [4.69, 9.17) is 21.6 Å². The maximum atomic E-state index is 11.7. The monoisotopic (exact) mass is 280 g/mol. The molecular weight excluding hydrogens is 272 g/mol. The van der Waals surface area contributed by atoms with Crippen LogP contribution in [0.1, 0.15) is 5.56 Å². The van der Waals surface area contributed by atoms with Crippen LogP contribution >= 0.6 is 11.6 Å². The van der Waals surface area contributed by atoms with Gasteiger partial charge < -0.3 is 9.47 Å². The summed E-state index contributed by atoms with van der Waals surface area (Å²) in [5.41, 5.74) is 0.662. The van der Waals surface area contributed by atoms with Crippen LogP contribution in [-0.4, -0.2) is 31.8 Å². The summed E-state index contributed by atoms with van der Waals surface area (Å²) in [7, 11) is 1.23. The first-order valence-corrected chi connectivity index (χ1v) is 5.69. The van der Waals surface area contributed by atoms with E-state index in [1.54, 1.807) is 0 Å². The normalized spacial score (nSPS) is 17.8. The number of carbonyl (C=O) groups excluding carboxylic acids is 2. The Labute approximate surface area is 114 Å². The SMILES string of the molecule is COC(=O)[C@H]1COC(=O)N1c1ccc(C#N)c(Cl)c1. The van der Waals surface area contributed by atoms with Crippen molar-refractivity contribution in [1.82, 2.24) is 0 Å². The number of nitrogens with zero attached hydrogens (tertiary/aromatic N) is 2. The molecular formula is C12H9ClN2O4. The number of nitriles is 1. The number of cyclic esters (lactones) is 1. The first-order valence-electron chi connectivity index (χ1n) is 5.32. The van der Waals surface area contributed by atoms with Gasteiger partial charge in [-0.05, 0) is 18.2 Å². The number of ether oxygens (including phenoxy) is 2. The van der Waals surface area contributed by atoms with Gasteiger partial charge >= 0.3 is 12.1 Å². The predicted octanol–water partition coefficient (Wildman–Crippen LogP) is 1.71. The fourth-order valence-electron chi connectivity index (χ4n) is 1.76. The van der Waals surface area contributed by atoms with Crippen molar-refractivity contribution in [2.75, 3.05) is 18.6 Å². The van der Waals surface area contributed by atoms with Crippen LogP contribution in [0.4, 0.5) is 10.5 Å². The van der Waals surface area contributed by atoms with Crippen molar-refractivity contribution in [2.24, 2.45) is 0 Å². The molecule has 0 aromatic heterocycles. The van der Waals surface area contributed by atoms with Crippen molar-refractivity contribution in [3.05, 3.63) is 28.8 Å². The van der Waals surface area contributed by atoms with E-state index in [9.17, 15) is 9.59 Å². The summed E-state index contributed by atoms with van der Waals surface area (Å²) < 4.78 is 9.44. The molecule has 98 valence electrons. The first kappa shape index (κ1) is 13.2. The second-order valence-corrected chi connectivity index (χ2v) is 4.17. The summed E-state index contributed by atoms with van der Waals surface area (Å²) in [6.45, 7) is -0.0802. The molecule has 1 aliphatic rings. The van der Waals surface area contributed by atoms with Gasteiger partial charge in [0.15, 0.2) is 6.04 Å². The Balaban J connectivity index is 2.38. The van der Waals surface area contributed by atoms with Crippen LogP contribution in [0.5, 0.6) is 0 Å². The van der Waals surface area contributed by atoms with Gasteiger partial charge in [0.05, 0.1) is 17.7 Å². The molecule has 1 aromatic rings. The zero-order chi connectivity index (χ0) is 14.0. The summed E-state index contributed by atoms with van der Waals surface area (Å²) in [6.07, 6.45) is -0.656. The van der Waals surface area contributed by atoms with Crippen molar-refractivity contribution in [2.45, 2.75) is 6.04 Å². The van der Waals surface area contributed by atoms with Crippen LogP contribution in [0.2, 0.25) is 5.02 Å². The van der Waals surface area contributed by atoms with Crippen LogP contribution in [0.25, 0.3) is 0 Å². The van der Waals surface area contributed by atoms with Gasteiger partial charge in [-0.1, -0.05) is 11.6 Å². The highest BCUT2D eigenvalue weighted by atomic mass is 35.5. The third-order valence-corrected chi connectivity index (χ3v) is 3.01. The van der Waals surface area contributed by atoms with Crippen molar-refractivity contribution < 1.29 is 19.1 Å². The molecule has 0 aliphatic carbocycles. The van der Waals surface area contributed by atoms with Crippen molar-refractivity contribution in [3.63, 3.8) is 0 Å². The first-order chi connectivity index (χ1) is 9.08. The van der Waals surface area contributed by atoms with Crippen molar-refractivity contribution in [3.8, 4) is 6.07 Å². The predicted molar refractivity (Wildman–Crippen MR) is 65.8 cm³/mol. The van der Waals surface area contributed by atoms with E-state index in [0.29, 0.717) is 5.69 Å². The molecule has 1 heterocycles. The number of esters is 1. The smallest absolute Gasteiger partial charge is 0.415 e.